The molecule has 2 aromatic rings. The zero-order valence-corrected chi connectivity index (χ0v) is 11.8. The predicted octanol–water partition coefficient (Wildman–Crippen LogP) is 1.83. The van der Waals surface area contributed by atoms with Crippen molar-refractivity contribution < 1.29 is 18.3 Å². The molecule has 1 fully saturated rings. The Hall–Kier alpha value is -2.28. The molecule has 0 aliphatic carbocycles. The highest BCUT2D eigenvalue weighted by atomic mass is 19.2. The van der Waals surface area contributed by atoms with Crippen LogP contribution >= 0.6 is 0 Å². The van der Waals surface area contributed by atoms with Gasteiger partial charge in [0.15, 0.2) is 11.6 Å². The molecule has 1 aliphatic rings. The summed E-state index contributed by atoms with van der Waals surface area (Å²) in [5.41, 5.74) is 1.23. The van der Waals surface area contributed by atoms with E-state index in [4.69, 9.17) is 4.74 Å². The van der Waals surface area contributed by atoms with Crippen molar-refractivity contribution in [1.82, 2.24) is 15.1 Å². The van der Waals surface area contributed by atoms with Gasteiger partial charge in [0, 0.05) is 12.7 Å². The van der Waals surface area contributed by atoms with Gasteiger partial charge in [-0.1, -0.05) is 6.07 Å². The van der Waals surface area contributed by atoms with E-state index in [1.165, 1.54) is 6.07 Å². The van der Waals surface area contributed by atoms with Gasteiger partial charge in [0.25, 0.3) is 0 Å². The first-order valence-electron chi connectivity index (χ1n) is 6.95. The fraction of sp³-hybridized carbons (Fsp3) is 0.333. The molecule has 1 aromatic carbocycles. The molecule has 1 aliphatic heterocycles. The van der Waals surface area contributed by atoms with Crippen LogP contribution in [0.1, 0.15) is 17.3 Å². The number of hydrogen-bond acceptors (Lipinski definition) is 3. The molecule has 1 saturated heterocycles. The Labute approximate surface area is 125 Å². The van der Waals surface area contributed by atoms with Crippen LogP contribution in [0.3, 0.4) is 0 Å². The Morgan fingerprint density at radius 1 is 1.36 bits per heavy atom. The smallest absolute Gasteiger partial charge is 0.227 e. The van der Waals surface area contributed by atoms with E-state index in [0.29, 0.717) is 25.3 Å². The number of carbonyl (C=O) groups excluding carboxylic acids is 1. The quantitative estimate of drug-likeness (QED) is 0.941. The van der Waals surface area contributed by atoms with Gasteiger partial charge in [-0.05, 0) is 23.8 Å². The van der Waals surface area contributed by atoms with Gasteiger partial charge in [-0.15, -0.1) is 0 Å². The van der Waals surface area contributed by atoms with Crippen LogP contribution in [0, 0.1) is 11.6 Å². The molecule has 2 heterocycles. The summed E-state index contributed by atoms with van der Waals surface area (Å²) in [6, 6.07) is 5.05. The largest absolute Gasteiger partial charge is 0.377 e. The van der Waals surface area contributed by atoms with E-state index in [0.717, 1.165) is 17.8 Å². The monoisotopic (exact) mass is 307 g/mol. The molecular weight excluding hydrogens is 292 g/mol. The van der Waals surface area contributed by atoms with Crippen LogP contribution in [-0.4, -0.2) is 40.8 Å². The number of morpholine rings is 1. The van der Waals surface area contributed by atoms with Gasteiger partial charge in [0.1, 0.15) is 0 Å². The molecule has 0 bridgehead atoms. The number of H-pyrrole nitrogens is 1. The molecule has 7 heteroatoms. The summed E-state index contributed by atoms with van der Waals surface area (Å²) in [6.45, 7) is 1.28. The Kier molecular flexibility index (Phi) is 4.15. The maximum absolute atomic E-state index is 13.2. The van der Waals surface area contributed by atoms with E-state index in [1.807, 2.05) is 0 Å². The van der Waals surface area contributed by atoms with Gasteiger partial charge in [-0.2, -0.15) is 5.10 Å². The van der Waals surface area contributed by atoms with Gasteiger partial charge in [0.2, 0.25) is 5.91 Å². The van der Waals surface area contributed by atoms with Gasteiger partial charge in [0.05, 0.1) is 31.4 Å². The van der Waals surface area contributed by atoms with Crippen LogP contribution in [0.5, 0.6) is 0 Å². The summed E-state index contributed by atoms with van der Waals surface area (Å²) < 4.78 is 31.6. The number of carbonyl (C=O) groups is 1. The molecule has 1 amide bonds. The van der Waals surface area contributed by atoms with Crippen molar-refractivity contribution in [1.29, 1.82) is 0 Å². The third-order valence-electron chi connectivity index (χ3n) is 3.67. The summed E-state index contributed by atoms with van der Waals surface area (Å²) in [7, 11) is 0. The van der Waals surface area contributed by atoms with Crippen LogP contribution in [0.4, 0.5) is 8.78 Å². The number of amides is 1. The average molecular weight is 307 g/mol. The first kappa shape index (κ1) is 14.6. The number of hydrogen-bond donors (Lipinski definition) is 1. The summed E-state index contributed by atoms with van der Waals surface area (Å²) in [5, 5.41) is 6.73. The van der Waals surface area contributed by atoms with Crippen molar-refractivity contribution in [2.75, 3.05) is 19.8 Å². The summed E-state index contributed by atoms with van der Waals surface area (Å²) >= 11 is 0. The molecule has 0 radical (unpaired) electrons. The summed E-state index contributed by atoms with van der Waals surface area (Å²) in [6.07, 6.45) is 1.63. The zero-order chi connectivity index (χ0) is 15.5. The normalized spacial score (nSPS) is 18.5. The molecule has 1 aromatic heterocycles. The molecule has 1 N–H and O–H groups in total. The maximum Gasteiger partial charge on any atom is 0.227 e. The first-order chi connectivity index (χ1) is 10.6. The van der Waals surface area contributed by atoms with Crippen molar-refractivity contribution in [2.24, 2.45) is 0 Å². The van der Waals surface area contributed by atoms with Gasteiger partial charge >= 0.3 is 0 Å². The van der Waals surface area contributed by atoms with Gasteiger partial charge in [-0.3, -0.25) is 9.89 Å². The third kappa shape index (κ3) is 2.99. The molecule has 5 nitrogen and oxygen atoms in total. The number of aromatic nitrogens is 2. The van der Waals surface area contributed by atoms with Crippen LogP contribution in [0.15, 0.2) is 30.5 Å². The maximum atomic E-state index is 13.2. The van der Waals surface area contributed by atoms with E-state index in [9.17, 15) is 13.6 Å². The van der Waals surface area contributed by atoms with E-state index < -0.39 is 11.6 Å². The molecular formula is C15H15F2N3O2. The minimum atomic E-state index is -0.947. The number of ether oxygens (including phenoxy) is 1. The minimum Gasteiger partial charge on any atom is -0.377 e. The summed E-state index contributed by atoms with van der Waals surface area (Å²) in [4.78, 5) is 14.2. The highest BCUT2D eigenvalue weighted by Crippen LogP contribution is 2.23. The van der Waals surface area contributed by atoms with E-state index >= 15 is 0 Å². The predicted molar refractivity (Wildman–Crippen MR) is 73.9 cm³/mol. The van der Waals surface area contributed by atoms with E-state index in [2.05, 4.69) is 10.2 Å². The lowest BCUT2D eigenvalue weighted by Crippen LogP contribution is -2.44. The second-order valence-electron chi connectivity index (χ2n) is 5.12. The van der Waals surface area contributed by atoms with Crippen LogP contribution < -0.4 is 0 Å². The topological polar surface area (TPSA) is 58.2 Å². The highest BCUT2D eigenvalue weighted by molar-refractivity contribution is 5.79. The Morgan fingerprint density at radius 2 is 2.23 bits per heavy atom. The first-order valence-corrected chi connectivity index (χ1v) is 6.95. The third-order valence-corrected chi connectivity index (χ3v) is 3.67. The van der Waals surface area contributed by atoms with Crippen molar-refractivity contribution in [3.05, 3.63) is 53.4 Å². The number of nitrogens with zero attached hydrogens (tertiary/aromatic N) is 2. The van der Waals surface area contributed by atoms with Crippen molar-refractivity contribution in [3.8, 4) is 0 Å². The second-order valence-corrected chi connectivity index (χ2v) is 5.12. The molecule has 116 valence electrons. The van der Waals surface area contributed by atoms with Crippen molar-refractivity contribution >= 4 is 5.91 Å². The molecule has 22 heavy (non-hydrogen) atoms. The summed E-state index contributed by atoms with van der Waals surface area (Å²) in [5.74, 6) is -2.02. The molecule has 3 rings (SSSR count). The van der Waals surface area contributed by atoms with Crippen molar-refractivity contribution in [2.45, 2.75) is 12.5 Å². The standard InChI is InChI=1S/C15H15F2N3O2/c16-11-2-1-10(7-12(11)17)8-15(21)20-5-6-22-9-14(20)13-3-4-18-19-13/h1-4,7,14H,5-6,8-9H2,(H,18,19). The number of rotatable bonds is 3. The number of halogens is 2. The number of aromatic amines is 1. The average Bonchev–Trinajstić information content (AvgIpc) is 3.05. The lowest BCUT2D eigenvalue weighted by Gasteiger charge is -2.35. The zero-order valence-electron chi connectivity index (χ0n) is 11.8. The van der Waals surface area contributed by atoms with Crippen LogP contribution in [0.25, 0.3) is 0 Å². The fourth-order valence-corrected chi connectivity index (χ4v) is 2.54. The van der Waals surface area contributed by atoms with E-state index in [-0.39, 0.29) is 18.4 Å². The minimum absolute atomic E-state index is 0.0157. The SMILES string of the molecule is O=C(Cc1ccc(F)c(F)c1)N1CCOCC1c1ccn[nH]1. The number of benzene rings is 1. The molecule has 0 saturated carbocycles. The van der Waals surface area contributed by atoms with Crippen LogP contribution in [-0.2, 0) is 16.0 Å². The Balaban J connectivity index is 1.75. The molecule has 1 unspecified atom stereocenters. The van der Waals surface area contributed by atoms with E-state index in [1.54, 1.807) is 17.2 Å². The lowest BCUT2D eigenvalue weighted by atomic mass is 10.1. The molecule has 1 atom stereocenters. The highest BCUT2D eigenvalue weighted by Gasteiger charge is 2.29. The Morgan fingerprint density at radius 3 is 2.95 bits per heavy atom. The van der Waals surface area contributed by atoms with Gasteiger partial charge < -0.3 is 9.64 Å². The van der Waals surface area contributed by atoms with Crippen LogP contribution in [0.2, 0.25) is 0 Å². The lowest BCUT2D eigenvalue weighted by molar-refractivity contribution is -0.139. The Bertz CT molecular complexity index is 661. The van der Waals surface area contributed by atoms with Gasteiger partial charge in [-0.25, -0.2) is 8.78 Å². The fourth-order valence-electron chi connectivity index (χ4n) is 2.54. The molecule has 0 spiro atoms. The number of nitrogens with one attached hydrogen (secondary N) is 1. The van der Waals surface area contributed by atoms with Crippen molar-refractivity contribution in [3.63, 3.8) is 0 Å². The second kappa shape index (κ2) is 6.23.